The first-order valence-corrected chi connectivity index (χ1v) is 8.48. The summed E-state index contributed by atoms with van der Waals surface area (Å²) in [5, 5.41) is 18.1. The van der Waals surface area contributed by atoms with Crippen LogP contribution in [0.1, 0.15) is 63.6 Å². The summed E-state index contributed by atoms with van der Waals surface area (Å²) in [5.41, 5.74) is 0. The maximum atomic E-state index is 10.7. The summed E-state index contributed by atoms with van der Waals surface area (Å²) in [7, 11) is 0. The number of hydrogen-bond acceptors (Lipinski definition) is 4. The molecule has 1 heterocycles. The first-order valence-electron chi connectivity index (χ1n) is 7.50. The number of carboxylic acid groups (broad SMARTS) is 1. The predicted molar refractivity (Wildman–Crippen MR) is 79.1 cm³/mol. The van der Waals surface area contributed by atoms with Crippen LogP contribution in [0, 0.1) is 0 Å². The Morgan fingerprint density at radius 3 is 2.50 bits per heavy atom. The Morgan fingerprint density at radius 1 is 1.25 bits per heavy atom. The Bertz CT molecular complexity index is 440. The molecule has 0 aromatic carbocycles. The molecule has 0 spiro atoms. The quantitative estimate of drug-likeness (QED) is 0.845. The van der Waals surface area contributed by atoms with Crippen molar-refractivity contribution in [2.45, 2.75) is 69.5 Å². The molecule has 0 saturated heterocycles. The standard InChI is InChI=1S/C14H23N3O2S/c1-2-17-13(11-8-6-4-3-5-7-9-11)15-16-14(17)20-10-12(18)19/h11H,2-10H2,1H3,(H,18,19). The van der Waals surface area contributed by atoms with Crippen LogP contribution in [0.25, 0.3) is 0 Å². The summed E-state index contributed by atoms with van der Waals surface area (Å²) in [6.07, 6.45) is 8.88. The third-order valence-electron chi connectivity index (χ3n) is 3.86. The molecule has 2 rings (SSSR count). The molecule has 0 bridgehead atoms. The summed E-state index contributed by atoms with van der Waals surface area (Å²) in [6, 6.07) is 0. The minimum atomic E-state index is -0.812. The Kier molecular flexibility index (Phi) is 5.88. The van der Waals surface area contributed by atoms with E-state index in [-0.39, 0.29) is 5.75 Å². The number of thioether (sulfide) groups is 1. The Hall–Kier alpha value is -1.04. The van der Waals surface area contributed by atoms with Crippen LogP contribution in [-0.2, 0) is 11.3 Å². The lowest BCUT2D eigenvalue weighted by Crippen LogP contribution is -2.11. The average molecular weight is 297 g/mol. The Morgan fingerprint density at radius 2 is 1.90 bits per heavy atom. The highest BCUT2D eigenvalue weighted by Crippen LogP contribution is 2.31. The van der Waals surface area contributed by atoms with Crippen LogP contribution in [0.2, 0.25) is 0 Å². The van der Waals surface area contributed by atoms with Crippen molar-refractivity contribution in [3.8, 4) is 0 Å². The molecule has 1 N–H and O–H groups in total. The van der Waals surface area contributed by atoms with E-state index in [1.54, 1.807) is 0 Å². The van der Waals surface area contributed by atoms with E-state index in [1.807, 2.05) is 0 Å². The van der Waals surface area contributed by atoms with Gasteiger partial charge in [0.25, 0.3) is 0 Å². The zero-order valence-electron chi connectivity index (χ0n) is 12.0. The zero-order valence-corrected chi connectivity index (χ0v) is 12.9. The SMILES string of the molecule is CCn1c(SCC(=O)O)nnc1C1CCCCCCC1. The highest BCUT2D eigenvalue weighted by Gasteiger charge is 2.21. The topological polar surface area (TPSA) is 68.0 Å². The molecule has 1 aromatic rings. The van der Waals surface area contributed by atoms with E-state index in [2.05, 4.69) is 21.7 Å². The minimum Gasteiger partial charge on any atom is -0.481 e. The van der Waals surface area contributed by atoms with Gasteiger partial charge < -0.3 is 9.67 Å². The van der Waals surface area contributed by atoms with E-state index >= 15 is 0 Å². The number of carbonyl (C=O) groups is 1. The fraction of sp³-hybridized carbons (Fsp3) is 0.786. The van der Waals surface area contributed by atoms with Crippen molar-refractivity contribution in [2.24, 2.45) is 0 Å². The molecule has 0 aliphatic heterocycles. The van der Waals surface area contributed by atoms with Crippen LogP contribution < -0.4 is 0 Å². The molecule has 0 unspecified atom stereocenters. The van der Waals surface area contributed by atoms with Gasteiger partial charge in [-0.05, 0) is 19.8 Å². The molecule has 0 radical (unpaired) electrons. The van der Waals surface area contributed by atoms with Crippen LogP contribution >= 0.6 is 11.8 Å². The van der Waals surface area contributed by atoms with E-state index in [0.717, 1.165) is 17.5 Å². The third kappa shape index (κ3) is 3.98. The molecular weight excluding hydrogens is 274 g/mol. The first kappa shape index (κ1) is 15.4. The van der Waals surface area contributed by atoms with E-state index in [4.69, 9.17) is 5.11 Å². The summed E-state index contributed by atoms with van der Waals surface area (Å²) < 4.78 is 2.10. The van der Waals surface area contributed by atoms with Crippen molar-refractivity contribution < 1.29 is 9.90 Å². The maximum absolute atomic E-state index is 10.7. The predicted octanol–water partition coefficient (Wildman–Crippen LogP) is 3.30. The smallest absolute Gasteiger partial charge is 0.313 e. The number of nitrogens with zero attached hydrogens (tertiary/aromatic N) is 3. The highest BCUT2D eigenvalue weighted by atomic mass is 32.2. The molecule has 0 amide bonds. The number of aliphatic carboxylic acids is 1. The Balaban J connectivity index is 2.11. The van der Waals surface area contributed by atoms with Crippen molar-refractivity contribution in [1.29, 1.82) is 0 Å². The summed E-state index contributed by atoms with van der Waals surface area (Å²) in [4.78, 5) is 10.7. The largest absolute Gasteiger partial charge is 0.481 e. The van der Waals surface area contributed by atoms with Gasteiger partial charge in [-0.25, -0.2) is 0 Å². The van der Waals surface area contributed by atoms with Crippen LogP contribution in [0.3, 0.4) is 0 Å². The molecule has 20 heavy (non-hydrogen) atoms. The highest BCUT2D eigenvalue weighted by molar-refractivity contribution is 7.99. The van der Waals surface area contributed by atoms with Gasteiger partial charge in [0.05, 0.1) is 5.75 Å². The summed E-state index contributed by atoms with van der Waals surface area (Å²) in [6.45, 7) is 2.88. The zero-order chi connectivity index (χ0) is 14.4. The molecule has 1 aromatic heterocycles. The Labute approximate surface area is 124 Å². The van der Waals surface area contributed by atoms with E-state index in [9.17, 15) is 4.79 Å². The average Bonchev–Trinajstić information content (AvgIpc) is 2.78. The number of aromatic nitrogens is 3. The maximum Gasteiger partial charge on any atom is 0.313 e. The van der Waals surface area contributed by atoms with Gasteiger partial charge in [0.2, 0.25) is 0 Å². The summed E-state index contributed by atoms with van der Waals surface area (Å²) in [5.74, 6) is 0.778. The number of hydrogen-bond donors (Lipinski definition) is 1. The molecule has 1 aliphatic carbocycles. The van der Waals surface area contributed by atoms with Gasteiger partial charge in [0.15, 0.2) is 5.16 Å². The van der Waals surface area contributed by atoms with E-state index < -0.39 is 5.97 Å². The van der Waals surface area contributed by atoms with Crippen molar-refractivity contribution >= 4 is 17.7 Å². The monoisotopic (exact) mass is 297 g/mol. The molecule has 0 atom stereocenters. The molecule has 6 heteroatoms. The lowest BCUT2D eigenvalue weighted by Gasteiger charge is -2.19. The lowest BCUT2D eigenvalue weighted by atomic mass is 9.90. The minimum absolute atomic E-state index is 0.0444. The fourth-order valence-corrected chi connectivity index (χ4v) is 3.58. The molecule has 1 fully saturated rings. The van der Waals surface area contributed by atoms with Crippen molar-refractivity contribution in [3.63, 3.8) is 0 Å². The van der Waals surface area contributed by atoms with Gasteiger partial charge in [0.1, 0.15) is 5.82 Å². The molecule has 1 saturated carbocycles. The molecule has 5 nitrogen and oxygen atoms in total. The van der Waals surface area contributed by atoms with Crippen molar-refractivity contribution in [3.05, 3.63) is 5.82 Å². The van der Waals surface area contributed by atoms with Crippen LogP contribution in [-0.4, -0.2) is 31.6 Å². The number of carboxylic acids is 1. The van der Waals surface area contributed by atoms with Crippen LogP contribution in [0.15, 0.2) is 5.16 Å². The van der Waals surface area contributed by atoms with Gasteiger partial charge >= 0.3 is 5.97 Å². The lowest BCUT2D eigenvalue weighted by molar-refractivity contribution is -0.133. The van der Waals surface area contributed by atoms with Gasteiger partial charge in [-0.15, -0.1) is 10.2 Å². The molecule has 1 aliphatic rings. The number of rotatable bonds is 5. The van der Waals surface area contributed by atoms with Gasteiger partial charge in [-0.1, -0.05) is 43.9 Å². The second-order valence-electron chi connectivity index (χ2n) is 5.31. The van der Waals surface area contributed by atoms with Crippen molar-refractivity contribution in [1.82, 2.24) is 14.8 Å². The van der Waals surface area contributed by atoms with Gasteiger partial charge in [0, 0.05) is 12.5 Å². The van der Waals surface area contributed by atoms with Crippen LogP contribution in [0.5, 0.6) is 0 Å². The molecule has 112 valence electrons. The molecular formula is C14H23N3O2S. The first-order chi connectivity index (χ1) is 9.72. The second kappa shape index (κ2) is 7.67. The van der Waals surface area contributed by atoms with E-state index in [0.29, 0.717) is 5.92 Å². The normalized spacial score (nSPS) is 17.6. The van der Waals surface area contributed by atoms with E-state index in [1.165, 1.54) is 56.7 Å². The van der Waals surface area contributed by atoms with Gasteiger partial charge in [-0.3, -0.25) is 4.79 Å². The second-order valence-corrected chi connectivity index (χ2v) is 6.25. The van der Waals surface area contributed by atoms with Crippen LogP contribution in [0.4, 0.5) is 0 Å². The third-order valence-corrected chi connectivity index (χ3v) is 4.81. The van der Waals surface area contributed by atoms with Gasteiger partial charge in [-0.2, -0.15) is 0 Å². The summed E-state index contributed by atoms with van der Waals surface area (Å²) >= 11 is 1.26. The fourth-order valence-electron chi connectivity index (χ4n) is 2.85. The van der Waals surface area contributed by atoms with Crippen molar-refractivity contribution in [2.75, 3.05) is 5.75 Å².